The van der Waals surface area contributed by atoms with Gasteiger partial charge in [-0.3, -0.25) is 0 Å². The van der Waals surface area contributed by atoms with Crippen LogP contribution < -0.4 is 16.4 Å². The molecule has 11 heteroatoms. The maximum Gasteiger partial charge on any atom is 0.416 e. The Hall–Kier alpha value is -3.60. The molecule has 1 heterocycles. The van der Waals surface area contributed by atoms with Crippen LogP contribution in [0, 0.1) is 0 Å². The van der Waals surface area contributed by atoms with Gasteiger partial charge in [0.15, 0.2) is 0 Å². The molecule has 0 saturated heterocycles. The van der Waals surface area contributed by atoms with E-state index in [-0.39, 0.29) is 6.42 Å². The lowest BCUT2D eigenvalue weighted by atomic mass is 10.0. The SMILES string of the molecule is CC.CCCCC(CC)NCCc1nc(Nc2ccc(C(F)(F)F)cc2)c2ccc(C/C(=C\C=C/N)C(F)(F)F)cc2n1. The standard InChI is InChI=1S/C30H35F6N5.C2H6/c1-3-5-8-23(4-2)38-17-15-27-40-26-19-20(18-22(7-6-16-37)30(34,35)36)9-14-25(26)28(41-27)39-24-12-10-21(11-13-24)29(31,32)33;1-2/h6-7,9-14,16,19,23,38H,3-5,8,15,17-18,37H2,1-2H3,(H,39,40,41);1-2H3/b16-6-,22-7+;. The largest absolute Gasteiger partial charge is 0.416 e. The summed E-state index contributed by atoms with van der Waals surface area (Å²) in [5.74, 6) is 0.812. The number of rotatable bonds is 13. The van der Waals surface area contributed by atoms with Gasteiger partial charge in [0.05, 0.1) is 11.1 Å². The molecule has 4 N–H and O–H groups in total. The lowest BCUT2D eigenvalue weighted by molar-refractivity contribution is -0.137. The maximum absolute atomic E-state index is 13.6. The number of benzene rings is 2. The van der Waals surface area contributed by atoms with E-state index in [9.17, 15) is 26.3 Å². The molecule has 0 aliphatic carbocycles. The molecular weight excluding hydrogens is 568 g/mol. The van der Waals surface area contributed by atoms with E-state index in [1.807, 2.05) is 13.8 Å². The van der Waals surface area contributed by atoms with E-state index >= 15 is 0 Å². The number of hydrogen-bond donors (Lipinski definition) is 3. The Labute approximate surface area is 249 Å². The molecular formula is C32H41F6N5. The summed E-state index contributed by atoms with van der Waals surface area (Å²) in [6.07, 6.45) is -1.62. The first-order valence-corrected chi connectivity index (χ1v) is 14.6. The Morgan fingerprint density at radius 3 is 2.26 bits per heavy atom. The first kappa shape index (κ1) is 35.6. The Morgan fingerprint density at radius 1 is 0.977 bits per heavy atom. The minimum absolute atomic E-state index is 0.349. The number of nitrogens with two attached hydrogens (primary N) is 1. The molecule has 5 nitrogen and oxygen atoms in total. The van der Waals surface area contributed by atoms with Crippen molar-refractivity contribution in [1.82, 2.24) is 15.3 Å². The highest BCUT2D eigenvalue weighted by molar-refractivity contribution is 5.91. The van der Waals surface area contributed by atoms with Gasteiger partial charge in [0.25, 0.3) is 0 Å². The number of aromatic nitrogens is 2. The highest BCUT2D eigenvalue weighted by Crippen LogP contribution is 2.33. The molecule has 0 bridgehead atoms. The first-order chi connectivity index (χ1) is 20.4. The van der Waals surface area contributed by atoms with Gasteiger partial charge < -0.3 is 16.4 Å². The van der Waals surface area contributed by atoms with Gasteiger partial charge in [0, 0.05) is 42.1 Å². The van der Waals surface area contributed by atoms with E-state index in [0.29, 0.717) is 52.8 Å². The predicted octanol–water partition coefficient (Wildman–Crippen LogP) is 9.02. The van der Waals surface area contributed by atoms with Crippen molar-refractivity contribution in [2.75, 3.05) is 11.9 Å². The van der Waals surface area contributed by atoms with Gasteiger partial charge in [-0.25, -0.2) is 9.97 Å². The molecule has 0 aliphatic heterocycles. The summed E-state index contributed by atoms with van der Waals surface area (Å²) in [5.41, 5.74) is 4.88. The number of nitrogens with zero attached hydrogens (tertiary/aromatic N) is 2. The van der Waals surface area contributed by atoms with Gasteiger partial charge in [0.2, 0.25) is 0 Å². The molecule has 43 heavy (non-hydrogen) atoms. The molecule has 0 radical (unpaired) electrons. The number of nitrogens with one attached hydrogen (secondary N) is 2. The molecule has 0 spiro atoms. The minimum atomic E-state index is -4.54. The van der Waals surface area contributed by atoms with Crippen molar-refractivity contribution in [2.24, 2.45) is 5.73 Å². The number of allylic oxidation sites excluding steroid dienone is 3. The summed E-state index contributed by atoms with van der Waals surface area (Å²) in [6.45, 7) is 8.84. The average Bonchev–Trinajstić information content (AvgIpc) is 2.97. The summed E-state index contributed by atoms with van der Waals surface area (Å²) in [5, 5.41) is 7.10. The normalized spacial score (nSPS) is 13.2. The third-order valence-electron chi connectivity index (χ3n) is 6.63. The van der Waals surface area contributed by atoms with Gasteiger partial charge in [-0.1, -0.05) is 52.7 Å². The number of alkyl halides is 6. The van der Waals surface area contributed by atoms with Gasteiger partial charge >= 0.3 is 12.4 Å². The smallest absolute Gasteiger partial charge is 0.405 e. The lowest BCUT2D eigenvalue weighted by Gasteiger charge is -2.17. The van der Waals surface area contributed by atoms with E-state index in [1.165, 1.54) is 12.1 Å². The lowest BCUT2D eigenvalue weighted by Crippen LogP contribution is -2.30. The highest BCUT2D eigenvalue weighted by atomic mass is 19.4. The monoisotopic (exact) mass is 609 g/mol. The van der Waals surface area contributed by atoms with Crippen molar-refractivity contribution in [2.45, 2.75) is 84.6 Å². The molecule has 1 unspecified atom stereocenters. The molecule has 1 aromatic heterocycles. The zero-order valence-corrected chi connectivity index (χ0v) is 25.0. The maximum atomic E-state index is 13.6. The van der Waals surface area contributed by atoms with Crippen LogP contribution in [0.1, 0.15) is 70.3 Å². The molecule has 0 amide bonds. The number of halogens is 6. The fourth-order valence-electron chi connectivity index (χ4n) is 4.35. The summed E-state index contributed by atoms with van der Waals surface area (Å²) < 4.78 is 79.8. The molecule has 0 saturated carbocycles. The molecule has 236 valence electrons. The quantitative estimate of drug-likeness (QED) is 0.133. The van der Waals surface area contributed by atoms with Crippen molar-refractivity contribution >= 4 is 22.4 Å². The zero-order valence-electron chi connectivity index (χ0n) is 25.0. The summed E-state index contributed by atoms with van der Waals surface area (Å²) in [6, 6.07) is 9.64. The summed E-state index contributed by atoms with van der Waals surface area (Å²) in [4.78, 5) is 9.25. The van der Waals surface area contributed by atoms with Crippen LogP contribution in [-0.4, -0.2) is 28.7 Å². The van der Waals surface area contributed by atoms with Gasteiger partial charge in [-0.2, -0.15) is 26.3 Å². The van der Waals surface area contributed by atoms with Crippen molar-refractivity contribution < 1.29 is 26.3 Å². The Kier molecular flexibility index (Phi) is 14.0. The highest BCUT2D eigenvalue weighted by Gasteiger charge is 2.33. The molecule has 1 atom stereocenters. The third-order valence-corrected chi connectivity index (χ3v) is 6.63. The third kappa shape index (κ3) is 11.2. The van der Waals surface area contributed by atoms with Crippen LogP contribution in [0.5, 0.6) is 0 Å². The van der Waals surface area contributed by atoms with Crippen LogP contribution in [0.2, 0.25) is 0 Å². The van der Waals surface area contributed by atoms with Crippen LogP contribution >= 0.6 is 0 Å². The van der Waals surface area contributed by atoms with Crippen molar-refractivity contribution in [3.05, 3.63) is 83.3 Å². The predicted molar refractivity (Wildman–Crippen MR) is 162 cm³/mol. The second-order valence-electron chi connectivity index (χ2n) is 9.74. The minimum Gasteiger partial charge on any atom is -0.405 e. The Morgan fingerprint density at radius 2 is 1.67 bits per heavy atom. The van der Waals surface area contributed by atoms with Gasteiger partial charge in [0.1, 0.15) is 11.6 Å². The number of hydrogen-bond acceptors (Lipinski definition) is 5. The second kappa shape index (κ2) is 16.9. The second-order valence-corrected chi connectivity index (χ2v) is 9.74. The van der Waals surface area contributed by atoms with Crippen molar-refractivity contribution in [3.8, 4) is 0 Å². The van der Waals surface area contributed by atoms with Crippen LogP contribution in [-0.2, 0) is 19.0 Å². The van der Waals surface area contributed by atoms with Crippen LogP contribution in [0.3, 0.4) is 0 Å². The molecule has 0 aliphatic rings. The van der Waals surface area contributed by atoms with Crippen molar-refractivity contribution in [1.29, 1.82) is 0 Å². The van der Waals surface area contributed by atoms with E-state index in [1.54, 1.807) is 18.2 Å². The number of fused-ring (bicyclic) bond motifs is 1. The molecule has 2 aromatic carbocycles. The molecule has 0 fully saturated rings. The van der Waals surface area contributed by atoms with E-state index in [4.69, 9.17) is 5.73 Å². The average molecular weight is 610 g/mol. The van der Waals surface area contributed by atoms with Crippen LogP contribution in [0.25, 0.3) is 10.9 Å². The summed E-state index contributed by atoms with van der Waals surface area (Å²) >= 11 is 0. The fraction of sp³-hybridized carbons (Fsp3) is 0.438. The number of anilines is 2. The number of unbranched alkanes of at least 4 members (excludes halogenated alkanes) is 1. The molecule has 3 rings (SSSR count). The first-order valence-electron chi connectivity index (χ1n) is 14.6. The van der Waals surface area contributed by atoms with E-state index in [0.717, 1.165) is 56.2 Å². The fourth-order valence-corrected chi connectivity index (χ4v) is 4.35. The zero-order chi connectivity index (χ0) is 32.0. The van der Waals surface area contributed by atoms with Crippen LogP contribution in [0.4, 0.5) is 37.8 Å². The van der Waals surface area contributed by atoms with Crippen LogP contribution in [0.15, 0.2) is 66.4 Å². The van der Waals surface area contributed by atoms with Gasteiger partial charge in [-0.15, -0.1) is 0 Å². The topological polar surface area (TPSA) is 75.9 Å². The molecule has 3 aromatic rings. The summed E-state index contributed by atoms with van der Waals surface area (Å²) in [7, 11) is 0. The Bertz CT molecular complexity index is 1330. The van der Waals surface area contributed by atoms with E-state index in [2.05, 4.69) is 34.4 Å². The van der Waals surface area contributed by atoms with E-state index < -0.39 is 23.5 Å². The Balaban J connectivity index is 0.00000316. The van der Waals surface area contributed by atoms with Gasteiger partial charge in [-0.05, 0) is 67.1 Å². The van der Waals surface area contributed by atoms with Crippen molar-refractivity contribution in [3.63, 3.8) is 0 Å².